The maximum absolute atomic E-state index is 12.2. The lowest BCUT2D eigenvalue weighted by molar-refractivity contribution is 0.0938. The number of fused-ring (bicyclic) bond motifs is 1. The summed E-state index contributed by atoms with van der Waals surface area (Å²) in [6.07, 6.45) is 3.84. The van der Waals surface area contributed by atoms with Crippen LogP contribution in [0.4, 0.5) is 0 Å². The number of hydrogen-bond donors (Lipinski definition) is 2. The van der Waals surface area contributed by atoms with E-state index in [2.05, 4.69) is 15.6 Å². The molecule has 1 atom stereocenters. The van der Waals surface area contributed by atoms with Gasteiger partial charge in [0.1, 0.15) is 11.2 Å². The molecule has 3 rings (SSSR count). The van der Waals surface area contributed by atoms with Gasteiger partial charge in [-0.05, 0) is 25.1 Å². The highest BCUT2D eigenvalue weighted by Gasteiger charge is 2.20. The molecule has 0 bridgehead atoms. The summed E-state index contributed by atoms with van der Waals surface area (Å²) in [6.45, 7) is 1.63. The van der Waals surface area contributed by atoms with Gasteiger partial charge in [-0.15, -0.1) is 12.4 Å². The van der Waals surface area contributed by atoms with Crippen molar-refractivity contribution in [2.45, 2.75) is 12.5 Å². The Morgan fingerprint density at radius 1 is 1.45 bits per heavy atom. The van der Waals surface area contributed by atoms with Gasteiger partial charge in [-0.25, -0.2) is 4.98 Å². The smallest absolute Gasteiger partial charge is 0.270 e. The number of halogens is 1. The molecule has 7 heteroatoms. The van der Waals surface area contributed by atoms with Crippen LogP contribution in [0, 0.1) is 0 Å². The molecule has 3 heterocycles. The van der Waals surface area contributed by atoms with E-state index in [0.717, 1.165) is 19.5 Å². The van der Waals surface area contributed by atoms with E-state index in [-0.39, 0.29) is 35.5 Å². The second kappa shape index (κ2) is 6.02. The number of carbonyl (C=O) groups excluding carboxylic acids is 1. The lowest BCUT2D eigenvalue weighted by Crippen LogP contribution is -2.39. The van der Waals surface area contributed by atoms with E-state index in [4.69, 9.17) is 0 Å². The third-order valence-electron chi connectivity index (χ3n) is 3.25. The monoisotopic (exact) mass is 294 g/mol. The van der Waals surface area contributed by atoms with Crippen LogP contribution in [0.2, 0.25) is 0 Å². The summed E-state index contributed by atoms with van der Waals surface area (Å²) in [4.78, 5) is 28.4. The maximum atomic E-state index is 12.2. The summed E-state index contributed by atoms with van der Waals surface area (Å²) >= 11 is 0. The molecule has 2 N–H and O–H groups in total. The van der Waals surface area contributed by atoms with E-state index in [1.807, 2.05) is 0 Å². The summed E-state index contributed by atoms with van der Waals surface area (Å²) in [6, 6.07) is 5.34. The number of amides is 1. The molecule has 1 fully saturated rings. The molecule has 1 aliphatic rings. The zero-order chi connectivity index (χ0) is 13.2. The molecule has 1 amide bonds. The molecule has 0 saturated carbocycles. The molecule has 0 aromatic carbocycles. The van der Waals surface area contributed by atoms with Gasteiger partial charge in [-0.2, -0.15) is 0 Å². The fourth-order valence-corrected chi connectivity index (χ4v) is 2.22. The van der Waals surface area contributed by atoms with Crippen LogP contribution in [0.25, 0.3) is 5.65 Å². The van der Waals surface area contributed by atoms with Crippen molar-refractivity contribution in [3.63, 3.8) is 0 Å². The minimum Gasteiger partial charge on any atom is -0.348 e. The van der Waals surface area contributed by atoms with Crippen LogP contribution in [0.15, 0.2) is 35.4 Å². The lowest BCUT2D eigenvalue weighted by Gasteiger charge is -2.11. The first-order valence-electron chi connectivity index (χ1n) is 6.24. The number of hydrogen-bond acceptors (Lipinski definition) is 4. The normalized spacial score (nSPS) is 17.7. The first-order valence-corrected chi connectivity index (χ1v) is 6.24. The van der Waals surface area contributed by atoms with Gasteiger partial charge in [0.25, 0.3) is 11.5 Å². The lowest BCUT2D eigenvalue weighted by atomic mass is 10.2. The average Bonchev–Trinajstić information content (AvgIpc) is 2.92. The van der Waals surface area contributed by atoms with Crippen molar-refractivity contribution in [2.24, 2.45) is 0 Å². The van der Waals surface area contributed by atoms with Gasteiger partial charge in [0, 0.05) is 25.0 Å². The predicted octanol–water partition coefficient (Wildman–Crippen LogP) is 0.208. The Bertz CT molecular complexity index is 679. The Morgan fingerprint density at radius 2 is 2.30 bits per heavy atom. The van der Waals surface area contributed by atoms with Crippen LogP contribution < -0.4 is 16.2 Å². The first kappa shape index (κ1) is 14.5. The number of nitrogens with one attached hydrogen (secondary N) is 2. The molecule has 0 spiro atoms. The summed E-state index contributed by atoms with van der Waals surface area (Å²) < 4.78 is 1.38. The summed E-state index contributed by atoms with van der Waals surface area (Å²) in [5, 5.41) is 6.01. The molecule has 20 heavy (non-hydrogen) atoms. The molecule has 2 aromatic rings. The number of carbonyl (C=O) groups is 1. The zero-order valence-corrected chi connectivity index (χ0v) is 11.5. The molecule has 0 aliphatic carbocycles. The Labute approximate surface area is 121 Å². The first-order chi connectivity index (χ1) is 9.25. The minimum absolute atomic E-state index is 0. The molecule has 6 nitrogen and oxygen atoms in total. The summed E-state index contributed by atoms with van der Waals surface area (Å²) in [7, 11) is 0. The van der Waals surface area contributed by atoms with Crippen LogP contribution in [0.3, 0.4) is 0 Å². The highest BCUT2D eigenvalue weighted by Crippen LogP contribution is 2.01. The van der Waals surface area contributed by atoms with Gasteiger partial charge in [0.05, 0.1) is 0 Å². The maximum Gasteiger partial charge on any atom is 0.270 e. The second-order valence-electron chi connectivity index (χ2n) is 4.57. The quantitative estimate of drug-likeness (QED) is 0.830. The topological polar surface area (TPSA) is 75.5 Å². The molecule has 106 valence electrons. The molecule has 1 unspecified atom stereocenters. The van der Waals surface area contributed by atoms with Gasteiger partial charge < -0.3 is 10.6 Å². The van der Waals surface area contributed by atoms with Crippen LogP contribution in [0.1, 0.15) is 16.8 Å². The van der Waals surface area contributed by atoms with Crippen LogP contribution in [-0.2, 0) is 0 Å². The Kier molecular flexibility index (Phi) is 4.36. The SMILES string of the molecule is Cl.O=C(NC1CCNC1)c1cnc2ccccn2c1=O. The van der Waals surface area contributed by atoms with Crippen LogP contribution in [-0.4, -0.2) is 34.4 Å². The van der Waals surface area contributed by atoms with Crippen molar-refractivity contribution in [3.8, 4) is 0 Å². The van der Waals surface area contributed by atoms with Crippen molar-refractivity contribution in [3.05, 3.63) is 46.5 Å². The fraction of sp³-hybridized carbons (Fsp3) is 0.308. The van der Waals surface area contributed by atoms with Crippen molar-refractivity contribution < 1.29 is 4.79 Å². The van der Waals surface area contributed by atoms with E-state index in [1.165, 1.54) is 10.6 Å². The zero-order valence-electron chi connectivity index (χ0n) is 10.7. The summed E-state index contributed by atoms with van der Waals surface area (Å²) in [5.41, 5.74) is 0.274. The Balaban J connectivity index is 0.00000147. The third-order valence-corrected chi connectivity index (χ3v) is 3.25. The Hall–Kier alpha value is -1.92. The predicted molar refractivity (Wildman–Crippen MR) is 77.5 cm³/mol. The van der Waals surface area contributed by atoms with Crippen molar-refractivity contribution in [2.75, 3.05) is 13.1 Å². The Morgan fingerprint density at radius 3 is 3.05 bits per heavy atom. The van der Waals surface area contributed by atoms with Gasteiger partial charge in [-0.3, -0.25) is 14.0 Å². The van der Waals surface area contributed by atoms with E-state index >= 15 is 0 Å². The number of aromatic nitrogens is 2. The van der Waals surface area contributed by atoms with Crippen molar-refractivity contribution in [1.29, 1.82) is 0 Å². The van der Waals surface area contributed by atoms with E-state index in [1.54, 1.807) is 24.4 Å². The van der Waals surface area contributed by atoms with E-state index in [0.29, 0.717) is 5.65 Å². The molecular formula is C13H15ClN4O2. The van der Waals surface area contributed by atoms with Crippen molar-refractivity contribution >= 4 is 24.0 Å². The van der Waals surface area contributed by atoms with Crippen LogP contribution in [0.5, 0.6) is 0 Å². The van der Waals surface area contributed by atoms with Gasteiger partial charge in [-0.1, -0.05) is 6.07 Å². The molecule has 2 aromatic heterocycles. The minimum atomic E-state index is -0.357. The molecule has 1 aliphatic heterocycles. The van der Waals surface area contributed by atoms with E-state index < -0.39 is 0 Å². The standard InChI is InChI=1S/C13H14N4O2.ClH/c18-12(16-9-4-5-14-7-9)10-8-15-11-3-1-2-6-17(11)13(10)19;/h1-3,6,8-9,14H,4-5,7H2,(H,16,18);1H. The number of rotatable bonds is 2. The number of nitrogens with zero attached hydrogens (tertiary/aromatic N) is 2. The van der Waals surface area contributed by atoms with Gasteiger partial charge in [0.2, 0.25) is 0 Å². The van der Waals surface area contributed by atoms with Crippen LogP contribution >= 0.6 is 12.4 Å². The highest BCUT2D eigenvalue weighted by molar-refractivity contribution is 5.94. The third kappa shape index (κ3) is 2.66. The summed E-state index contributed by atoms with van der Waals surface area (Å²) in [5.74, 6) is -0.357. The highest BCUT2D eigenvalue weighted by atomic mass is 35.5. The molecule has 1 saturated heterocycles. The van der Waals surface area contributed by atoms with Gasteiger partial charge >= 0.3 is 0 Å². The second-order valence-corrected chi connectivity index (χ2v) is 4.57. The number of pyridine rings is 1. The van der Waals surface area contributed by atoms with Gasteiger partial charge in [0.15, 0.2) is 0 Å². The molecule has 0 radical (unpaired) electrons. The van der Waals surface area contributed by atoms with E-state index in [9.17, 15) is 9.59 Å². The fourth-order valence-electron chi connectivity index (χ4n) is 2.22. The largest absolute Gasteiger partial charge is 0.348 e. The van der Waals surface area contributed by atoms with Crippen molar-refractivity contribution in [1.82, 2.24) is 20.0 Å². The molecular weight excluding hydrogens is 280 g/mol. The average molecular weight is 295 g/mol.